The van der Waals surface area contributed by atoms with Gasteiger partial charge in [0.25, 0.3) is 0 Å². The van der Waals surface area contributed by atoms with Crippen LogP contribution in [0.25, 0.3) is 0 Å². The van der Waals surface area contributed by atoms with E-state index in [1.54, 1.807) is 6.92 Å². The van der Waals surface area contributed by atoms with Crippen molar-refractivity contribution in [2.24, 2.45) is 5.73 Å². The lowest BCUT2D eigenvalue weighted by Gasteiger charge is -2.09. The molecule has 1 heterocycles. The van der Waals surface area contributed by atoms with Crippen LogP contribution in [0.4, 0.5) is 0 Å². The number of rotatable bonds is 5. The molecule has 4 nitrogen and oxygen atoms in total. The number of aryl methyl sites for hydroxylation is 2. The fraction of sp³-hybridized carbons (Fsp3) is 0.286. The van der Waals surface area contributed by atoms with Crippen LogP contribution < -0.4 is 10.5 Å². The number of sulfonamides is 1. The highest BCUT2D eigenvalue weighted by Crippen LogP contribution is 2.26. The van der Waals surface area contributed by atoms with Gasteiger partial charge in [0.05, 0.1) is 0 Å². The first-order chi connectivity index (χ1) is 9.44. The van der Waals surface area contributed by atoms with Crippen molar-refractivity contribution < 1.29 is 8.42 Å². The average Bonchev–Trinajstić information content (AvgIpc) is 2.78. The average molecular weight is 310 g/mol. The number of hydrogen-bond acceptors (Lipinski definition) is 4. The molecule has 2 aromatic rings. The maximum atomic E-state index is 12.4. The van der Waals surface area contributed by atoms with Gasteiger partial charge in [-0.2, -0.15) is 0 Å². The van der Waals surface area contributed by atoms with Crippen LogP contribution in [0.5, 0.6) is 0 Å². The van der Waals surface area contributed by atoms with Crippen molar-refractivity contribution in [3.63, 3.8) is 0 Å². The lowest BCUT2D eigenvalue weighted by molar-refractivity contribution is 0.580. The van der Waals surface area contributed by atoms with Gasteiger partial charge < -0.3 is 5.73 Å². The molecule has 0 bridgehead atoms. The zero-order valence-electron chi connectivity index (χ0n) is 11.5. The predicted octanol–water partition coefficient (Wildman–Crippen LogP) is 2.30. The van der Waals surface area contributed by atoms with E-state index in [0.29, 0.717) is 9.77 Å². The summed E-state index contributed by atoms with van der Waals surface area (Å²) in [6.45, 7) is 4.28. The van der Waals surface area contributed by atoms with Crippen LogP contribution in [0.3, 0.4) is 0 Å². The number of nitrogens with two attached hydrogens (primary N) is 1. The van der Waals surface area contributed by atoms with E-state index in [-0.39, 0.29) is 13.1 Å². The summed E-state index contributed by atoms with van der Waals surface area (Å²) in [4.78, 5) is 1.02. The molecule has 1 aromatic heterocycles. The summed E-state index contributed by atoms with van der Waals surface area (Å²) in [7, 11) is -3.52. The molecule has 0 unspecified atom stereocenters. The molecule has 0 radical (unpaired) electrons. The van der Waals surface area contributed by atoms with Crippen molar-refractivity contribution >= 4 is 21.4 Å². The molecule has 0 aliphatic rings. The van der Waals surface area contributed by atoms with E-state index in [9.17, 15) is 8.42 Å². The molecule has 0 amide bonds. The van der Waals surface area contributed by atoms with E-state index < -0.39 is 10.0 Å². The Morgan fingerprint density at radius 3 is 2.70 bits per heavy atom. The first-order valence-electron chi connectivity index (χ1n) is 6.26. The third-order valence-corrected chi connectivity index (χ3v) is 5.88. The summed E-state index contributed by atoms with van der Waals surface area (Å²) in [5.41, 5.74) is 8.40. The van der Waals surface area contributed by atoms with Crippen LogP contribution in [-0.2, 0) is 23.1 Å². The van der Waals surface area contributed by atoms with Gasteiger partial charge in [0.15, 0.2) is 0 Å². The predicted molar refractivity (Wildman–Crippen MR) is 82.2 cm³/mol. The Bertz CT molecular complexity index is 706. The highest BCUT2D eigenvalue weighted by molar-refractivity contribution is 7.89. The summed E-state index contributed by atoms with van der Waals surface area (Å²) < 4.78 is 27.4. The maximum Gasteiger partial charge on any atom is 0.242 e. The van der Waals surface area contributed by atoms with Crippen molar-refractivity contribution in [2.45, 2.75) is 31.8 Å². The molecular formula is C14H18N2O2S2. The van der Waals surface area contributed by atoms with Crippen molar-refractivity contribution in [1.82, 2.24) is 4.72 Å². The number of benzene rings is 1. The molecule has 0 aliphatic heterocycles. The van der Waals surface area contributed by atoms with Crippen LogP contribution in [-0.4, -0.2) is 8.42 Å². The van der Waals surface area contributed by atoms with Crippen molar-refractivity contribution in [2.75, 3.05) is 0 Å². The number of hydrogen-bond donors (Lipinski definition) is 2. The molecule has 0 spiro atoms. The molecular weight excluding hydrogens is 292 g/mol. The minimum absolute atomic E-state index is 0.235. The van der Waals surface area contributed by atoms with Gasteiger partial charge in [-0.1, -0.05) is 29.8 Å². The zero-order chi connectivity index (χ0) is 14.8. The summed E-state index contributed by atoms with van der Waals surface area (Å²) in [6, 6.07) is 7.76. The minimum Gasteiger partial charge on any atom is -0.326 e. The molecule has 20 heavy (non-hydrogen) atoms. The van der Waals surface area contributed by atoms with Gasteiger partial charge in [0.2, 0.25) is 10.0 Å². The van der Waals surface area contributed by atoms with Gasteiger partial charge in [0.1, 0.15) is 4.90 Å². The maximum absolute atomic E-state index is 12.4. The second-order valence-electron chi connectivity index (χ2n) is 4.69. The van der Waals surface area contributed by atoms with Crippen LogP contribution in [0.1, 0.15) is 21.6 Å². The van der Waals surface area contributed by atoms with Gasteiger partial charge in [-0.15, -0.1) is 11.3 Å². The molecule has 108 valence electrons. The highest BCUT2D eigenvalue weighted by atomic mass is 32.2. The van der Waals surface area contributed by atoms with E-state index in [2.05, 4.69) is 4.72 Å². The summed E-state index contributed by atoms with van der Waals surface area (Å²) in [5, 5.41) is 1.82. The normalized spacial score (nSPS) is 11.8. The van der Waals surface area contributed by atoms with E-state index in [1.807, 2.05) is 36.6 Å². The lowest BCUT2D eigenvalue weighted by Crippen LogP contribution is -2.24. The quantitative estimate of drug-likeness (QED) is 0.890. The summed E-state index contributed by atoms with van der Waals surface area (Å²) >= 11 is 1.38. The van der Waals surface area contributed by atoms with Crippen LogP contribution >= 0.6 is 11.3 Å². The molecule has 0 saturated carbocycles. The molecule has 3 N–H and O–H groups in total. The van der Waals surface area contributed by atoms with Crippen molar-refractivity contribution in [3.8, 4) is 0 Å². The van der Waals surface area contributed by atoms with Gasteiger partial charge in [-0.25, -0.2) is 13.1 Å². The molecule has 0 saturated heterocycles. The first kappa shape index (κ1) is 15.2. The second-order valence-corrected chi connectivity index (χ2v) is 7.36. The Labute approximate surface area is 123 Å². The summed E-state index contributed by atoms with van der Waals surface area (Å²) in [6.07, 6.45) is 0. The van der Waals surface area contributed by atoms with E-state index >= 15 is 0 Å². The second kappa shape index (κ2) is 6.05. The molecule has 0 atom stereocenters. The number of thiophene rings is 1. The van der Waals surface area contributed by atoms with Gasteiger partial charge in [0, 0.05) is 18.0 Å². The molecule has 6 heteroatoms. The highest BCUT2D eigenvalue weighted by Gasteiger charge is 2.21. The number of nitrogens with one attached hydrogen (secondary N) is 1. The molecule has 0 fully saturated rings. The van der Waals surface area contributed by atoms with E-state index in [4.69, 9.17) is 5.73 Å². The standard InChI is InChI=1S/C14H18N2O2S2/c1-10-4-3-5-12(6-10)8-16-20(17,18)14-11(2)9-19-13(14)7-15/h3-6,9,16H,7-8,15H2,1-2H3. The molecule has 2 rings (SSSR count). The fourth-order valence-corrected chi connectivity index (χ4v) is 4.78. The summed E-state index contributed by atoms with van der Waals surface area (Å²) in [5.74, 6) is 0. The van der Waals surface area contributed by atoms with Gasteiger partial charge >= 0.3 is 0 Å². The third-order valence-electron chi connectivity index (χ3n) is 2.99. The van der Waals surface area contributed by atoms with Crippen molar-refractivity contribution in [3.05, 3.63) is 51.2 Å². The third kappa shape index (κ3) is 3.27. The fourth-order valence-electron chi connectivity index (χ4n) is 2.06. The topological polar surface area (TPSA) is 72.2 Å². The van der Waals surface area contributed by atoms with Gasteiger partial charge in [-0.05, 0) is 30.4 Å². The van der Waals surface area contributed by atoms with Crippen LogP contribution in [0.15, 0.2) is 34.5 Å². The minimum atomic E-state index is -3.52. The Balaban J connectivity index is 2.21. The Hall–Kier alpha value is -1.21. The Kier molecular flexibility index (Phi) is 4.59. The molecule has 0 aliphatic carbocycles. The van der Waals surface area contributed by atoms with Gasteiger partial charge in [-0.3, -0.25) is 0 Å². The van der Waals surface area contributed by atoms with Crippen LogP contribution in [0, 0.1) is 13.8 Å². The van der Waals surface area contributed by atoms with Crippen molar-refractivity contribution in [1.29, 1.82) is 0 Å². The Morgan fingerprint density at radius 2 is 2.05 bits per heavy atom. The smallest absolute Gasteiger partial charge is 0.242 e. The first-order valence-corrected chi connectivity index (χ1v) is 8.62. The SMILES string of the molecule is Cc1cccc(CNS(=O)(=O)c2c(C)csc2CN)c1. The lowest BCUT2D eigenvalue weighted by atomic mass is 10.1. The van der Waals surface area contributed by atoms with Crippen LogP contribution in [0.2, 0.25) is 0 Å². The zero-order valence-corrected chi connectivity index (χ0v) is 13.1. The largest absolute Gasteiger partial charge is 0.326 e. The Morgan fingerprint density at radius 1 is 1.30 bits per heavy atom. The van der Waals surface area contributed by atoms with E-state index in [0.717, 1.165) is 16.7 Å². The monoisotopic (exact) mass is 310 g/mol. The molecule has 1 aromatic carbocycles. The van der Waals surface area contributed by atoms with E-state index in [1.165, 1.54) is 11.3 Å².